The van der Waals surface area contributed by atoms with Crippen LogP contribution >= 0.6 is 0 Å². The highest BCUT2D eigenvalue weighted by molar-refractivity contribution is 6.52. The maximum absolute atomic E-state index is 12.0. The second-order valence-electron chi connectivity index (χ2n) is 5.50. The predicted octanol–water partition coefficient (Wildman–Crippen LogP) is 2.63. The van der Waals surface area contributed by atoms with Gasteiger partial charge >= 0.3 is 0 Å². The lowest BCUT2D eigenvalue weighted by Gasteiger charge is -2.18. The molecule has 18 heavy (non-hydrogen) atoms. The number of carbonyl (C=O) groups excluding carboxylic acids is 2. The minimum absolute atomic E-state index is 0.340. The molecule has 94 valence electrons. The van der Waals surface area contributed by atoms with Crippen molar-refractivity contribution in [1.82, 2.24) is 0 Å². The highest BCUT2D eigenvalue weighted by Gasteiger charge is 2.37. The molecule has 0 N–H and O–H groups in total. The molecule has 1 saturated carbocycles. The van der Waals surface area contributed by atoms with Crippen LogP contribution in [0.4, 0.5) is 5.69 Å². The molecular weight excluding hydrogens is 226 g/mol. The topological polar surface area (TPSA) is 37.4 Å². The lowest BCUT2D eigenvalue weighted by atomic mass is 10.0. The van der Waals surface area contributed by atoms with Crippen molar-refractivity contribution in [1.29, 1.82) is 0 Å². The Kier molecular flexibility index (Phi) is 2.51. The maximum atomic E-state index is 12.0. The summed E-state index contributed by atoms with van der Waals surface area (Å²) in [5.74, 6) is 0.0784. The molecule has 0 atom stereocenters. The Labute approximate surface area is 107 Å². The minimum Gasteiger partial charge on any atom is -0.304 e. The molecule has 3 rings (SSSR count). The average Bonchev–Trinajstić information content (AvgIpc) is 3.10. The third-order valence-electron chi connectivity index (χ3n) is 3.86. The normalized spacial score (nSPS) is 18.4. The van der Waals surface area contributed by atoms with Crippen molar-refractivity contribution in [3.63, 3.8) is 0 Å². The lowest BCUT2D eigenvalue weighted by molar-refractivity contribution is -0.114. The molecule has 0 saturated heterocycles. The van der Waals surface area contributed by atoms with Gasteiger partial charge in [-0.25, -0.2) is 0 Å². The first kappa shape index (κ1) is 11.5. The van der Waals surface area contributed by atoms with E-state index >= 15 is 0 Å². The summed E-state index contributed by atoms with van der Waals surface area (Å²) < 4.78 is 0. The van der Waals surface area contributed by atoms with Crippen LogP contribution in [0.15, 0.2) is 12.1 Å². The number of rotatable bonds is 3. The Morgan fingerprint density at radius 1 is 1.22 bits per heavy atom. The van der Waals surface area contributed by atoms with Crippen LogP contribution in [0.2, 0.25) is 0 Å². The summed E-state index contributed by atoms with van der Waals surface area (Å²) in [5, 5.41) is 0. The minimum atomic E-state index is -0.348. The molecule has 0 bridgehead atoms. The number of fused-ring (bicyclic) bond motifs is 1. The van der Waals surface area contributed by atoms with E-state index in [1.54, 1.807) is 4.90 Å². The number of hydrogen-bond acceptors (Lipinski definition) is 2. The third kappa shape index (κ3) is 1.74. The molecule has 1 heterocycles. The SMILES string of the molecule is Cc1cc(C)c2c(c1)C(=O)C(=O)N2CCC1CC1. The zero-order valence-electron chi connectivity index (χ0n) is 10.8. The fourth-order valence-corrected chi connectivity index (χ4v) is 2.76. The molecule has 0 unspecified atom stereocenters. The Balaban J connectivity index is 1.97. The number of Topliss-reactive ketones (excluding diaryl/α,β-unsaturated/α-hetero) is 1. The average molecular weight is 243 g/mol. The van der Waals surface area contributed by atoms with Crippen molar-refractivity contribution in [2.24, 2.45) is 5.92 Å². The fraction of sp³-hybridized carbons (Fsp3) is 0.467. The van der Waals surface area contributed by atoms with E-state index in [-0.39, 0.29) is 11.7 Å². The van der Waals surface area contributed by atoms with E-state index < -0.39 is 0 Å². The fourth-order valence-electron chi connectivity index (χ4n) is 2.76. The summed E-state index contributed by atoms with van der Waals surface area (Å²) in [5.41, 5.74) is 3.50. The van der Waals surface area contributed by atoms with Crippen LogP contribution in [0.1, 0.15) is 40.7 Å². The van der Waals surface area contributed by atoms with E-state index in [0.717, 1.165) is 29.2 Å². The van der Waals surface area contributed by atoms with Gasteiger partial charge in [-0.05, 0) is 43.4 Å². The number of anilines is 1. The van der Waals surface area contributed by atoms with Gasteiger partial charge in [0.2, 0.25) is 0 Å². The molecule has 1 amide bonds. The smallest absolute Gasteiger partial charge is 0.299 e. The number of aryl methyl sites for hydroxylation is 2. The molecule has 3 heteroatoms. The molecule has 1 aromatic carbocycles. The first-order valence-electron chi connectivity index (χ1n) is 6.55. The molecule has 3 nitrogen and oxygen atoms in total. The monoisotopic (exact) mass is 243 g/mol. The third-order valence-corrected chi connectivity index (χ3v) is 3.86. The van der Waals surface area contributed by atoms with E-state index in [9.17, 15) is 9.59 Å². The Morgan fingerprint density at radius 3 is 2.61 bits per heavy atom. The molecule has 1 fully saturated rings. The summed E-state index contributed by atoms with van der Waals surface area (Å²) in [6, 6.07) is 3.87. The highest BCUT2D eigenvalue weighted by atomic mass is 16.2. The summed E-state index contributed by atoms with van der Waals surface area (Å²) in [6.45, 7) is 4.62. The van der Waals surface area contributed by atoms with Crippen molar-refractivity contribution in [2.45, 2.75) is 33.1 Å². The summed E-state index contributed by atoms with van der Waals surface area (Å²) in [7, 11) is 0. The zero-order chi connectivity index (χ0) is 12.9. The van der Waals surface area contributed by atoms with Crippen molar-refractivity contribution in [2.75, 3.05) is 11.4 Å². The number of ketones is 1. The van der Waals surface area contributed by atoms with Crippen LogP contribution in [0.3, 0.4) is 0 Å². The van der Waals surface area contributed by atoms with Gasteiger partial charge in [-0.3, -0.25) is 9.59 Å². The van der Waals surface area contributed by atoms with Gasteiger partial charge in [-0.2, -0.15) is 0 Å². The van der Waals surface area contributed by atoms with Crippen molar-refractivity contribution >= 4 is 17.4 Å². The quantitative estimate of drug-likeness (QED) is 0.765. The van der Waals surface area contributed by atoms with Crippen LogP contribution in [0.5, 0.6) is 0 Å². The molecule has 1 aliphatic heterocycles. The largest absolute Gasteiger partial charge is 0.304 e. The molecule has 1 aromatic rings. The Bertz CT molecular complexity index is 544. The molecule has 0 spiro atoms. The van der Waals surface area contributed by atoms with Crippen molar-refractivity contribution in [3.05, 3.63) is 28.8 Å². The van der Waals surface area contributed by atoms with Crippen molar-refractivity contribution < 1.29 is 9.59 Å². The number of carbonyl (C=O) groups is 2. The first-order valence-corrected chi connectivity index (χ1v) is 6.55. The predicted molar refractivity (Wildman–Crippen MR) is 69.9 cm³/mol. The maximum Gasteiger partial charge on any atom is 0.299 e. The zero-order valence-corrected chi connectivity index (χ0v) is 10.8. The van der Waals surface area contributed by atoms with Gasteiger partial charge in [0.1, 0.15) is 0 Å². The van der Waals surface area contributed by atoms with Crippen LogP contribution in [0.25, 0.3) is 0 Å². The number of amides is 1. The van der Waals surface area contributed by atoms with E-state index in [4.69, 9.17) is 0 Å². The second kappa shape index (κ2) is 3.94. The van der Waals surface area contributed by atoms with Crippen molar-refractivity contribution in [3.8, 4) is 0 Å². The van der Waals surface area contributed by atoms with E-state index in [1.807, 2.05) is 26.0 Å². The molecule has 0 radical (unpaired) electrons. The number of benzene rings is 1. The Morgan fingerprint density at radius 2 is 1.94 bits per heavy atom. The summed E-state index contributed by atoms with van der Waals surface area (Å²) in [6.07, 6.45) is 3.57. The van der Waals surface area contributed by atoms with Crippen LogP contribution in [0, 0.1) is 19.8 Å². The van der Waals surface area contributed by atoms with Crippen LogP contribution in [-0.4, -0.2) is 18.2 Å². The van der Waals surface area contributed by atoms with E-state index in [2.05, 4.69) is 0 Å². The van der Waals surface area contributed by atoms with Gasteiger partial charge < -0.3 is 4.90 Å². The standard InChI is InChI=1S/C15H17NO2/c1-9-7-10(2)13-12(8-9)14(17)15(18)16(13)6-5-11-3-4-11/h7-8,11H,3-6H2,1-2H3. The van der Waals surface area contributed by atoms with Gasteiger partial charge in [0.25, 0.3) is 11.7 Å². The van der Waals surface area contributed by atoms with E-state index in [1.165, 1.54) is 12.8 Å². The molecule has 0 aromatic heterocycles. The molecule has 1 aliphatic carbocycles. The molecular formula is C15H17NO2. The van der Waals surface area contributed by atoms with E-state index in [0.29, 0.717) is 12.1 Å². The van der Waals surface area contributed by atoms with Crippen LogP contribution < -0.4 is 4.90 Å². The summed E-state index contributed by atoms with van der Waals surface area (Å²) in [4.78, 5) is 25.7. The lowest BCUT2D eigenvalue weighted by Crippen LogP contribution is -2.31. The second-order valence-corrected chi connectivity index (χ2v) is 5.50. The van der Waals surface area contributed by atoms with Gasteiger partial charge in [0.15, 0.2) is 0 Å². The first-order chi connectivity index (χ1) is 8.58. The number of hydrogen-bond donors (Lipinski definition) is 0. The van der Waals surface area contributed by atoms with Gasteiger partial charge in [0, 0.05) is 6.54 Å². The van der Waals surface area contributed by atoms with Gasteiger partial charge in [-0.15, -0.1) is 0 Å². The highest BCUT2D eigenvalue weighted by Crippen LogP contribution is 2.37. The molecule has 2 aliphatic rings. The van der Waals surface area contributed by atoms with Gasteiger partial charge in [-0.1, -0.05) is 18.9 Å². The Hall–Kier alpha value is -1.64. The number of nitrogens with zero attached hydrogens (tertiary/aromatic N) is 1. The van der Waals surface area contributed by atoms with Gasteiger partial charge in [0.05, 0.1) is 11.3 Å². The van der Waals surface area contributed by atoms with Crippen LogP contribution in [-0.2, 0) is 4.79 Å². The summed E-state index contributed by atoms with van der Waals surface area (Å²) >= 11 is 0.